The maximum atomic E-state index is 13.7. The first-order valence-electron chi connectivity index (χ1n) is 11.2. The lowest BCUT2D eigenvalue weighted by Crippen LogP contribution is -2.52. The van der Waals surface area contributed by atoms with E-state index in [1.165, 1.54) is 4.31 Å². The minimum atomic E-state index is -4.16. The Labute approximate surface area is 210 Å². The summed E-state index contributed by atoms with van der Waals surface area (Å²) in [4.78, 5) is 34.1. The minimum Gasteiger partial charge on any atom is -0.366 e. The first kappa shape index (κ1) is 23.9. The zero-order valence-corrected chi connectivity index (χ0v) is 21.1. The lowest BCUT2D eigenvalue weighted by Gasteiger charge is -2.33. The number of morpholine rings is 1. The van der Waals surface area contributed by atoms with Crippen LogP contribution in [-0.2, 0) is 19.6 Å². The summed E-state index contributed by atoms with van der Waals surface area (Å²) < 4.78 is 35.0. The number of primary amides is 1. The number of aromatic nitrogens is 2. The highest BCUT2D eigenvalue weighted by Crippen LogP contribution is 2.33. The number of H-pyrrole nitrogens is 1. The number of aromatic amines is 1. The molecular formula is C23H24BrN5O5S. The predicted molar refractivity (Wildman–Crippen MR) is 131 cm³/mol. The van der Waals surface area contributed by atoms with Crippen LogP contribution in [0.15, 0.2) is 52.0 Å². The molecule has 4 heterocycles. The predicted octanol–water partition coefficient (Wildman–Crippen LogP) is 1.83. The van der Waals surface area contributed by atoms with Gasteiger partial charge in [0, 0.05) is 59.4 Å². The Morgan fingerprint density at radius 3 is 2.74 bits per heavy atom. The Morgan fingerprint density at radius 2 is 2.00 bits per heavy atom. The van der Waals surface area contributed by atoms with Crippen LogP contribution < -0.4 is 5.73 Å². The van der Waals surface area contributed by atoms with Gasteiger partial charge in [-0.25, -0.2) is 8.42 Å². The van der Waals surface area contributed by atoms with Gasteiger partial charge in [-0.05, 0) is 36.8 Å². The Morgan fingerprint density at radius 1 is 1.17 bits per heavy atom. The monoisotopic (exact) mass is 561 g/mol. The number of amides is 2. The van der Waals surface area contributed by atoms with Crippen LogP contribution >= 0.6 is 15.9 Å². The molecule has 3 aromatic rings. The summed E-state index contributed by atoms with van der Waals surface area (Å²) in [6.07, 6.45) is 1.58. The molecule has 35 heavy (non-hydrogen) atoms. The number of benzene rings is 1. The lowest BCUT2D eigenvalue weighted by molar-refractivity contribution is -0.146. The van der Waals surface area contributed by atoms with E-state index < -0.39 is 22.0 Å². The van der Waals surface area contributed by atoms with E-state index in [4.69, 9.17) is 10.5 Å². The Balaban J connectivity index is 1.38. The summed E-state index contributed by atoms with van der Waals surface area (Å²) in [6.45, 7) is 1.02. The highest BCUT2D eigenvalue weighted by atomic mass is 79.9. The normalized spacial score (nSPS) is 21.5. The van der Waals surface area contributed by atoms with Crippen molar-refractivity contribution in [1.29, 1.82) is 0 Å². The highest BCUT2D eigenvalue weighted by Gasteiger charge is 2.40. The van der Waals surface area contributed by atoms with Gasteiger partial charge in [0.15, 0.2) is 0 Å². The number of rotatable bonds is 5. The molecule has 2 aliphatic rings. The molecule has 184 valence electrons. The summed E-state index contributed by atoms with van der Waals surface area (Å²) in [5.41, 5.74) is 6.72. The average Bonchev–Trinajstić information content (AvgIpc) is 3.50. The van der Waals surface area contributed by atoms with Gasteiger partial charge in [-0.2, -0.15) is 4.31 Å². The topological polar surface area (TPSA) is 139 Å². The standard InChI is InChI=1S/C23H24BrN5O5S/c24-15-4-5-18-16(11-15)21(20(27-18)22(25)30)35(32,33)29-9-10-34-19(13-29)23(31)28-8-6-14(12-28)17-3-1-2-7-26-17/h1-5,7,11,14,19,27H,6,8-10,12-13H2,(H2,25,30). The van der Waals surface area contributed by atoms with Crippen LogP contribution in [-0.4, -0.2) is 78.3 Å². The number of nitrogens with two attached hydrogens (primary N) is 1. The number of fused-ring (bicyclic) bond motifs is 1. The van der Waals surface area contributed by atoms with E-state index in [-0.39, 0.29) is 42.1 Å². The second-order valence-electron chi connectivity index (χ2n) is 8.63. The van der Waals surface area contributed by atoms with E-state index in [0.29, 0.717) is 28.5 Å². The van der Waals surface area contributed by atoms with Crippen LogP contribution in [0.2, 0.25) is 0 Å². The van der Waals surface area contributed by atoms with Crippen molar-refractivity contribution in [3.8, 4) is 0 Å². The molecule has 0 radical (unpaired) electrons. The number of nitrogens with zero attached hydrogens (tertiary/aromatic N) is 3. The van der Waals surface area contributed by atoms with Crippen molar-refractivity contribution in [1.82, 2.24) is 19.2 Å². The summed E-state index contributed by atoms with van der Waals surface area (Å²) in [5.74, 6) is -0.999. The third kappa shape index (κ3) is 4.46. The molecule has 2 atom stereocenters. The Hall–Kier alpha value is -2.80. The first-order chi connectivity index (χ1) is 16.8. The summed E-state index contributed by atoms with van der Waals surface area (Å²) in [5, 5.41) is 0.347. The summed E-state index contributed by atoms with van der Waals surface area (Å²) in [7, 11) is -4.16. The number of pyridine rings is 1. The van der Waals surface area contributed by atoms with Crippen LogP contribution in [0.4, 0.5) is 0 Å². The van der Waals surface area contributed by atoms with Gasteiger partial charge >= 0.3 is 0 Å². The summed E-state index contributed by atoms with van der Waals surface area (Å²) >= 11 is 3.35. The average molecular weight is 562 g/mol. The largest absolute Gasteiger partial charge is 0.366 e. The molecule has 2 amide bonds. The van der Waals surface area contributed by atoms with E-state index in [2.05, 4.69) is 25.9 Å². The molecule has 2 aliphatic heterocycles. The second kappa shape index (κ2) is 9.34. The van der Waals surface area contributed by atoms with Crippen molar-refractivity contribution in [3.05, 3.63) is 58.5 Å². The first-order valence-corrected chi connectivity index (χ1v) is 13.4. The van der Waals surface area contributed by atoms with Gasteiger partial charge in [0.25, 0.3) is 11.8 Å². The number of nitrogens with one attached hydrogen (secondary N) is 1. The fourth-order valence-electron chi connectivity index (χ4n) is 4.73. The van der Waals surface area contributed by atoms with Crippen molar-refractivity contribution in [2.24, 2.45) is 5.73 Å². The number of ether oxygens (including phenoxy) is 1. The number of hydrogen-bond donors (Lipinski definition) is 2. The maximum absolute atomic E-state index is 13.7. The van der Waals surface area contributed by atoms with E-state index in [9.17, 15) is 18.0 Å². The van der Waals surface area contributed by atoms with E-state index in [0.717, 1.165) is 12.1 Å². The van der Waals surface area contributed by atoms with Gasteiger partial charge in [0.05, 0.1) is 6.61 Å². The number of carbonyl (C=O) groups is 2. The molecule has 0 spiro atoms. The summed E-state index contributed by atoms with van der Waals surface area (Å²) in [6, 6.07) is 10.7. The molecule has 1 aromatic carbocycles. The van der Waals surface area contributed by atoms with Crippen molar-refractivity contribution in [2.45, 2.75) is 23.3 Å². The van der Waals surface area contributed by atoms with Gasteiger partial charge in [-0.3, -0.25) is 14.6 Å². The van der Waals surface area contributed by atoms with Crippen LogP contribution in [0, 0.1) is 0 Å². The number of likely N-dealkylation sites (tertiary alicyclic amines) is 1. The molecule has 3 N–H and O–H groups in total. The molecule has 2 saturated heterocycles. The quantitative estimate of drug-likeness (QED) is 0.487. The zero-order valence-electron chi connectivity index (χ0n) is 18.7. The SMILES string of the molecule is NC(=O)c1[nH]c2ccc(Br)cc2c1S(=O)(=O)N1CCOC(C(=O)N2CCC(c3ccccn3)C2)C1. The van der Waals surface area contributed by atoms with Crippen LogP contribution in [0.1, 0.15) is 28.5 Å². The molecule has 0 saturated carbocycles. The van der Waals surface area contributed by atoms with Gasteiger partial charge < -0.3 is 20.4 Å². The second-order valence-corrected chi connectivity index (χ2v) is 11.4. The van der Waals surface area contributed by atoms with E-state index >= 15 is 0 Å². The zero-order chi connectivity index (χ0) is 24.7. The molecule has 0 bridgehead atoms. The van der Waals surface area contributed by atoms with E-state index in [1.54, 1.807) is 29.3 Å². The maximum Gasteiger partial charge on any atom is 0.266 e. The molecule has 0 aliphatic carbocycles. The number of sulfonamides is 1. The molecule has 5 rings (SSSR count). The van der Waals surface area contributed by atoms with E-state index in [1.807, 2.05) is 18.2 Å². The van der Waals surface area contributed by atoms with Crippen molar-refractivity contribution in [2.75, 3.05) is 32.8 Å². The van der Waals surface area contributed by atoms with Gasteiger partial charge in [0.2, 0.25) is 10.0 Å². The minimum absolute atomic E-state index is 0.0571. The molecule has 2 aromatic heterocycles. The lowest BCUT2D eigenvalue weighted by atomic mass is 10.0. The molecular weight excluding hydrogens is 538 g/mol. The van der Waals surface area contributed by atoms with Crippen molar-refractivity contribution in [3.63, 3.8) is 0 Å². The van der Waals surface area contributed by atoms with Crippen molar-refractivity contribution < 1.29 is 22.7 Å². The van der Waals surface area contributed by atoms with Gasteiger partial charge in [-0.15, -0.1) is 0 Å². The third-order valence-corrected chi connectivity index (χ3v) is 8.91. The van der Waals surface area contributed by atoms with Gasteiger partial charge in [0.1, 0.15) is 16.7 Å². The molecule has 10 nitrogen and oxygen atoms in total. The number of carbonyl (C=O) groups excluding carboxylic acids is 2. The number of halogens is 1. The van der Waals surface area contributed by atoms with Crippen molar-refractivity contribution >= 4 is 48.7 Å². The van der Waals surface area contributed by atoms with Crippen LogP contribution in [0.5, 0.6) is 0 Å². The number of hydrogen-bond acceptors (Lipinski definition) is 6. The fraction of sp³-hybridized carbons (Fsp3) is 0.348. The Bertz CT molecular complexity index is 1390. The molecule has 12 heteroatoms. The third-order valence-electron chi connectivity index (χ3n) is 6.47. The van der Waals surface area contributed by atoms with Crippen LogP contribution in [0.25, 0.3) is 10.9 Å². The molecule has 2 unspecified atom stereocenters. The van der Waals surface area contributed by atoms with Gasteiger partial charge in [-0.1, -0.05) is 22.0 Å². The smallest absolute Gasteiger partial charge is 0.266 e. The van der Waals surface area contributed by atoms with Crippen LogP contribution in [0.3, 0.4) is 0 Å². The molecule has 2 fully saturated rings. The Kier molecular flexibility index (Phi) is 6.38. The highest BCUT2D eigenvalue weighted by molar-refractivity contribution is 9.10. The fourth-order valence-corrected chi connectivity index (χ4v) is 6.85.